The molecule has 0 N–H and O–H groups in total. The maximum absolute atomic E-state index is 13.4. The minimum Gasteiger partial charge on any atom is -0.444 e. The lowest BCUT2D eigenvalue weighted by molar-refractivity contribution is 0.00853. The normalized spacial score (nSPS) is 23.0. The molecule has 0 aliphatic carbocycles. The largest absolute Gasteiger partial charge is 0.444 e. The molecule has 3 nitrogen and oxygen atoms in total. The first-order valence-electron chi connectivity index (χ1n) is 9.44. The Hall–Kier alpha value is -1.65. The van der Waals surface area contributed by atoms with Crippen molar-refractivity contribution >= 4 is 6.09 Å². The fourth-order valence-corrected chi connectivity index (χ4v) is 3.83. The molecule has 0 saturated carbocycles. The van der Waals surface area contributed by atoms with Crippen LogP contribution in [0.25, 0.3) is 0 Å². The van der Waals surface area contributed by atoms with E-state index >= 15 is 0 Å². The summed E-state index contributed by atoms with van der Waals surface area (Å²) in [5.41, 5.74) is 0.120. The average Bonchev–Trinajstić information content (AvgIpc) is 2.85. The number of rotatable bonds is 4. The van der Waals surface area contributed by atoms with Crippen LogP contribution in [-0.4, -0.2) is 28.7 Å². The molecular formula is C21H31F2NO2. The van der Waals surface area contributed by atoms with Crippen molar-refractivity contribution in [2.75, 3.05) is 0 Å². The Balaban J connectivity index is 2.10. The summed E-state index contributed by atoms with van der Waals surface area (Å²) < 4.78 is 32.5. The number of carbonyl (C=O) groups is 1. The van der Waals surface area contributed by atoms with Crippen molar-refractivity contribution in [3.05, 3.63) is 35.4 Å². The van der Waals surface area contributed by atoms with Crippen LogP contribution < -0.4 is 0 Å². The van der Waals surface area contributed by atoms with Gasteiger partial charge in [0.15, 0.2) is 0 Å². The maximum Gasteiger partial charge on any atom is 0.410 e. The highest BCUT2D eigenvalue weighted by molar-refractivity contribution is 5.69. The van der Waals surface area contributed by atoms with Gasteiger partial charge in [0.2, 0.25) is 0 Å². The summed E-state index contributed by atoms with van der Waals surface area (Å²) in [5, 5.41) is 0. The number of hydrogen-bond donors (Lipinski definition) is 0. The van der Waals surface area contributed by atoms with E-state index in [1.807, 2.05) is 32.6 Å². The molecule has 1 aliphatic heterocycles. The highest BCUT2D eigenvalue weighted by Crippen LogP contribution is 2.35. The molecule has 0 aromatic heterocycles. The summed E-state index contributed by atoms with van der Waals surface area (Å²) in [6.45, 7) is 11.8. The van der Waals surface area contributed by atoms with Gasteiger partial charge in [-0.1, -0.05) is 13.8 Å². The first kappa shape index (κ1) is 20.7. The Morgan fingerprint density at radius 2 is 1.77 bits per heavy atom. The minimum absolute atomic E-state index is 0.0771. The van der Waals surface area contributed by atoms with Gasteiger partial charge in [-0.2, -0.15) is 0 Å². The smallest absolute Gasteiger partial charge is 0.410 e. The number of carbonyl (C=O) groups excluding carboxylic acids is 1. The van der Waals surface area contributed by atoms with Crippen LogP contribution >= 0.6 is 0 Å². The third-order valence-electron chi connectivity index (χ3n) is 5.30. The molecule has 0 bridgehead atoms. The number of nitrogens with zero attached hydrogens (tertiary/aromatic N) is 1. The molecule has 2 rings (SSSR count). The molecule has 1 unspecified atom stereocenters. The SMILES string of the molecule is CC1CC[C@@H]([C@@H](C)[C@@H](C)Cc2cc(F)cc(F)c2)N1C(=O)OC(C)(C)C. The average molecular weight is 367 g/mol. The molecule has 1 saturated heterocycles. The Kier molecular flexibility index (Phi) is 6.30. The van der Waals surface area contributed by atoms with Gasteiger partial charge in [-0.05, 0) is 76.5 Å². The van der Waals surface area contributed by atoms with Gasteiger partial charge in [0.25, 0.3) is 0 Å². The van der Waals surface area contributed by atoms with Crippen LogP contribution in [0.1, 0.15) is 59.9 Å². The molecule has 0 spiro atoms. The third kappa shape index (κ3) is 5.18. The molecule has 1 aliphatic rings. The molecule has 0 radical (unpaired) electrons. The summed E-state index contributed by atoms with van der Waals surface area (Å²) in [5.74, 6) is -0.732. The van der Waals surface area contributed by atoms with E-state index in [2.05, 4.69) is 13.8 Å². The van der Waals surface area contributed by atoms with E-state index in [4.69, 9.17) is 4.74 Å². The van der Waals surface area contributed by atoms with Crippen molar-refractivity contribution in [1.29, 1.82) is 0 Å². The van der Waals surface area contributed by atoms with Gasteiger partial charge in [0.1, 0.15) is 17.2 Å². The molecule has 1 amide bonds. The summed E-state index contributed by atoms with van der Waals surface area (Å²) in [7, 11) is 0. The highest BCUT2D eigenvalue weighted by atomic mass is 19.1. The second kappa shape index (κ2) is 7.93. The highest BCUT2D eigenvalue weighted by Gasteiger charge is 2.40. The van der Waals surface area contributed by atoms with E-state index < -0.39 is 17.2 Å². The number of amides is 1. The predicted molar refractivity (Wildman–Crippen MR) is 98.9 cm³/mol. The van der Waals surface area contributed by atoms with E-state index in [9.17, 15) is 13.6 Å². The fourth-order valence-electron chi connectivity index (χ4n) is 3.83. The summed E-state index contributed by atoms with van der Waals surface area (Å²) in [4.78, 5) is 14.5. The summed E-state index contributed by atoms with van der Waals surface area (Å²) in [6, 6.07) is 3.87. The van der Waals surface area contributed by atoms with Gasteiger partial charge in [-0.3, -0.25) is 0 Å². The fraction of sp³-hybridized carbons (Fsp3) is 0.667. The van der Waals surface area contributed by atoms with Crippen molar-refractivity contribution < 1.29 is 18.3 Å². The van der Waals surface area contributed by atoms with E-state index in [0.29, 0.717) is 12.0 Å². The molecule has 1 aromatic carbocycles. The lowest BCUT2D eigenvalue weighted by Crippen LogP contribution is -2.46. The van der Waals surface area contributed by atoms with Crippen molar-refractivity contribution in [1.82, 2.24) is 4.90 Å². The number of likely N-dealkylation sites (tertiary alicyclic amines) is 1. The van der Waals surface area contributed by atoms with E-state index in [-0.39, 0.29) is 30.0 Å². The van der Waals surface area contributed by atoms with Gasteiger partial charge in [0, 0.05) is 18.2 Å². The van der Waals surface area contributed by atoms with E-state index in [0.717, 1.165) is 18.9 Å². The first-order valence-corrected chi connectivity index (χ1v) is 9.44. The van der Waals surface area contributed by atoms with Crippen LogP contribution in [0.2, 0.25) is 0 Å². The van der Waals surface area contributed by atoms with Crippen LogP contribution in [0.3, 0.4) is 0 Å². The molecule has 1 fully saturated rings. The monoisotopic (exact) mass is 367 g/mol. The number of halogens is 2. The van der Waals surface area contributed by atoms with E-state index in [1.165, 1.54) is 12.1 Å². The lowest BCUT2D eigenvalue weighted by atomic mass is 9.83. The maximum atomic E-state index is 13.4. The van der Waals surface area contributed by atoms with Gasteiger partial charge in [-0.25, -0.2) is 13.6 Å². The zero-order valence-electron chi connectivity index (χ0n) is 16.7. The third-order valence-corrected chi connectivity index (χ3v) is 5.30. The zero-order valence-corrected chi connectivity index (χ0v) is 16.7. The molecule has 26 heavy (non-hydrogen) atoms. The van der Waals surface area contributed by atoms with Gasteiger partial charge < -0.3 is 9.64 Å². The van der Waals surface area contributed by atoms with Crippen LogP contribution in [0.15, 0.2) is 18.2 Å². The van der Waals surface area contributed by atoms with Crippen molar-refractivity contribution in [3.8, 4) is 0 Å². The van der Waals surface area contributed by atoms with Gasteiger partial charge >= 0.3 is 6.09 Å². The Labute approximate surface area is 155 Å². The van der Waals surface area contributed by atoms with Gasteiger partial charge in [0.05, 0.1) is 0 Å². The minimum atomic E-state index is -0.551. The second-order valence-corrected chi connectivity index (χ2v) is 8.70. The predicted octanol–water partition coefficient (Wildman–Crippen LogP) is 5.57. The zero-order chi connectivity index (χ0) is 19.6. The number of hydrogen-bond acceptors (Lipinski definition) is 2. The number of benzene rings is 1. The van der Waals surface area contributed by atoms with Crippen LogP contribution in [-0.2, 0) is 11.2 Å². The Morgan fingerprint density at radius 1 is 1.19 bits per heavy atom. The molecule has 146 valence electrons. The second-order valence-electron chi connectivity index (χ2n) is 8.70. The van der Waals surface area contributed by atoms with Gasteiger partial charge in [-0.15, -0.1) is 0 Å². The molecule has 5 heteroatoms. The standard InChI is InChI=1S/C21H31F2NO2/c1-13(9-16-10-17(22)12-18(23)11-16)15(3)19-8-7-14(2)24(19)20(25)26-21(4,5)6/h10-15,19H,7-9H2,1-6H3/t13-,14?,15-,19-/m0/s1. The molecule has 4 atom stereocenters. The van der Waals surface area contributed by atoms with E-state index in [1.54, 1.807) is 0 Å². The first-order chi connectivity index (χ1) is 12.0. The van der Waals surface area contributed by atoms with Crippen LogP contribution in [0, 0.1) is 23.5 Å². The Bertz CT molecular complexity index is 621. The molecule has 1 heterocycles. The van der Waals surface area contributed by atoms with Crippen molar-refractivity contribution in [2.24, 2.45) is 11.8 Å². The summed E-state index contributed by atoms with van der Waals surface area (Å²) >= 11 is 0. The van der Waals surface area contributed by atoms with Crippen LogP contribution in [0.5, 0.6) is 0 Å². The Morgan fingerprint density at radius 3 is 2.31 bits per heavy atom. The number of ether oxygens (including phenoxy) is 1. The topological polar surface area (TPSA) is 29.5 Å². The van der Waals surface area contributed by atoms with Crippen LogP contribution in [0.4, 0.5) is 13.6 Å². The molecular weight excluding hydrogens is 336 g/mol. The quantitative estimate of drug-likeness (QED) is 0.696. The molecule has 1 aromatic rings. The van der Waals surface area contributed by atoms with Crippen molar-refractivity contribution in [2.45, 2.75) is 78.5 Å². The van der Waals surface area contributed by atoms with Crippen molar-refractivity contribution in [3.63, 3.8) is 0 Å². The lowest BCUT2D eigenvalue weighted by Gasteiger charge is -2.36. The summed E-state index contributed by atoms with van der Waals surface area (Å²) in [6.07, 6.45) is 2.16.